The maximum absolute atomic E-state index is 10.6. The van der Waals surface area contributed by atoms with Crippen molar-refractivity contribution in [3.05, 3.63) is 39.3 Å². The van der Waals surface area contributed by atoms with E-state index in [0.29, 0.717) is 12.5 Å². The molecule has 0 atom stereocenters. The van der Waals surface area contributed by atoms with Crippen molar-refractivity contribution < 1.29 is 9.66 Å². The predicted octanol–water partition coefficient (Wildman–Crippen LogP) is 3.43. The van der Waals surface area contributed by atoms with Crippen LogP contribution in [0.4, 0.5) is 5.69 Å². The van der Waals surface area contributed by atoms with E-state index in [1.807, 2.05) is 13.8 Å². The molecule has 0 aliphatic rings. The zero-order chi connectivity index (χ0) is 13.1. The predicted molar refractivity (Wildman–Crippen MR) is 70.1 cm³/mol. The Morgan fingerprint density at radius 1 is 1.39 bits per heavy atom. The number of rotatable bonds is 4. The molecule has 0 amide bonds. The Hall–Kier alpha value is -1.95. The van der Waals surface area contributed by atoms with E-state index in [9.17, 15) is 10.1 Å². The first-order chi connectivity index (χ1) is 8.61. The van der Waals surface area contributed by atoms with Crippen LogP contribution in [0.5, 0.6) is 5.88 Å². The van der Waals surface area contributed by atoms with Crippen molar-refractivity contribution in [3.8, 4) is 16.5 Å². The SMILES string of the molecule is CCOc1nc(-c2ccc([N+](=O)[O-])cc2)sc1C. The van der Waals surface area contributed by atoms with Crippen molar-refractivity contribution in [2.45, 2.75) is 13.8 Å². The highest BCUT2D eigenvalue weighted by Crippen LogP contribution is 2.32. The lowest BCUT2D eigenvalue weighted by molar-refractivity contribution is -0.384. The number of aryl methyl sites for hydroxylation is 1. The summed E-state index contributed by atoms with van der Waals surface area (Å²) in [6.45, 7) is 4.42. The van der Waals surface area contributed by atoms with E-state index in [2.05, 4.69) is 4.98 Å². The molecular weight excluding hydrogens is 252 g/mol. The number of hydrogen-bond acceptors (Lipinski definition) is 5. The molecule has 0 spiro atoms. The van der Waals surface area contributed by atoms with E-state index in [4.69, 9.17) is 4.74 Å². The molecule has 0 fully saturated rings. The minimum absolute atomic E-state index is 0.0806. The first-order valence-electron chi connectivity index (χ1n) is 5.47. The fourth-order valence-corrected chi connectivity index (χ4v) is 2.37. The van der Waals surface area contributed by atoms with Gasteiger partial charge in [0.15, 0.2) is 0 Å². The van der Waals surface area contributed by atoms with Crippen molar-refractivity contribution in [1.82, 2.24) is 4.98 Å². The van der Waals surface area contributed by atoms with Gasteiger partial charge in [0, 0.05) is 17.7 Å². The van der Waals surface area contributed by atoms with Crippen LogP contribution in [0, 0.1) is 17.0 Å². The van der Waals surface area contributed by atoms with Crippen molar-refractivity contribution in [2.24, 2.45) is 0 Å². The van der Waals surface area contributed by atoms with Gasteiger partial charge in [-0.05, 0) is 26.0 Å². The van der Waals surface area contributed by atoms with Gasteiger partial charge in [0.1, 0.15) is 5.01 Å². The van der Waals surface area contributed by atoms with Gasteiger partial charge in [-0.25, -0.2) is 4.98 Å². The van der Waals surface area contributed by atoms with Crippen molar-refractivity contribution in [3.63, 3.8) is 0 Å². The van der Waals surface area contributed by atoms with E-state index in [1.54, 1.807) is 12.1 Å². The Morgan fingerprint density at radius 3 is 2.61 bits per heavy atom. The van der Waals surface area contributed by atoms with E-state index in [0.717, 1.165) is 15.4 Å². The third-order valence-electron chi connectivity index (χ3n) is 2.36. The largest absolute Gasteiger partial charge is 0.477 e. The zero-order valence-corrected chi connectivity index (χ0v) is 10.9. The van der Waals surface area contributed by atoms with Crippen LogP contribution in [0.3, 0.4) is 0 Å². The molecule has 2 rings (SSSR count). The number of nitro benzene ring substituents is 1. The molecule has 0 N–H and O–H groups in total. The maximum Gasteiger partial charge on any atom is 0.269 e. The van der Waals surface area contributed by atoms with Crippen LogP contribution in [-0.2, 0) is 0 Å². The summed E-state index contributed by atoms with van der Waals surface area (Å²) in [7, 11) is 0. The van der Waals surface area contributed by atoms with Gasteiger partial charge in [-0.1, -0.05) is 0 Å². The van der Waals surface area contributed by atoms with Gasteiger partial charge in [0.05, 0.1) is 16.4 Å². The number of nitro groups is 1. The van der Waals surface area contributed by atoms with Crippen LogP contribution in [0.15, 0.2) is 24.3 Å². The number of benzene rings is 1. The molecule has 0 bridgehead atoms. The van der Waals surface area contributed by atoms with E-state index >= 15 is 0 Å². The molecule has 5 nitrogen and oxygen atoms in total. The van der Waals surface area contributed by atoms with E-state index < -0.39 is 4.92 Å². The lowest BCUT2D eigenvalue weighted by Crippen LogP contribution is -1.92. The molecule has 0 radical (unpaired) electrons. The minimum atomic E-state index is -0.414. The Labute approximate surface area is 108 Å². The first-order valence-corrected chi connectivity index (χ1v) is 6.28. The van der Waals surface area contributed by atoms with Gasteiger partial charge in [0.2, 0.25) is 5.88 Å². The number of hydrogen-bond donors (Lipinski definition) is 0. The highest BCUT2D eigenvalue weighted by atomic mass is 32.1. The second kappa shape index (κ2) is 5.14. The van der Waals surface area contributed by atoms with Crippen LogP contribution < -0.4 is 4.74 Å². The summed E-state index contributed by atoms with van der Waals surface area (Å²) in [6.07, 6.45) is 0. The van der Waals surface area contributed by atoms with Crippen LogP contribution in [0.2, 0.25) is 0 Å². The van der Waals surface area contributed by atoms with Crippen molar-refractivity contribution in [1.29, 1.82) is 0 Å². The highest BCUT2D eigenvalue weighted by molar-refractivity contribution is 7.15. The number of thiazole rings is 1. The molecule has 0 aliphatic carbocycles. The third-order valence-corrected chi connectivity index (χ3v) is 3.36. The molecular formula is C12H12N2O3S. The van der Waals surface area contributed by atoms with Gasteiger partial charge in [0.25, 0.3) is 5.69 Å². The molecule has 0 saturated heterocycles. The third kappa shape index (κ3) is 2.48. The average molecular weight is 264 g/mol. The zero-order valence-electron chi connectivity index (χ0n) is 10.0. The number of non-ortho nitro benzene ring substituents is 1. The highest BCUT2D eigenvalue weighted by Gasteiger charge is 2.11. The Bertz CT molecular complexity index is 563. The smallest absolute Gasteiger partial charge is 0.269 e. The summed E-state index contributed by atoms with van der Waals surface area (Å²) in [5.74, 6) is 0.635. The summed E-state index contributed by atoms with van der Waals surface area (Å²) in [6, 6.07) is 6.36. The molecule has 1 aromatic carbocycles. The van der Waals surface area contributed by atoms with Gasteiger partial charge in [-0.3, -0.25) is 10.1 Å². The Morgan fingerprint density at radius 2 is 2.06 bits per heavy atom. The topological polar surface area (TPSA) is 65.3 Å². The Kier molecular flexibility index (Phi) is 3.57. The quantitative estimate of drug-likeness (QED) is 0.627. The molecule has 1 aromatic heterocycles. The lowest BCUT2D eigenvalue weighted by atomic mass is 10.2. The number of aromatic nitrogens is 1. The summed E-state index contributed by atoms with van der Waals surface area (Å²) in [5.41, 5.74) is 0.941. The lowest BCUT2D eigenvalue weighted by Gasteiger charge is -1.97. The van der Waals surface area contributed by atoms with Crippen molar-refractivity contribution >= 4 is 17.0 Å². The maximum atomic E-state index is 10.6. The second-order valence-electron chi connectivity index (χ2n) is 3.62. The summed E-state index contributed by atoms with van der Waals surface area (Å²) < 4.78 is 5.39. The molecule has 0 aliphatic heterocycles. The fourth-order valence-electron chi connectivity index (χ4n) is 1.50. The van der Waals surface area contributed by atoms with Gasteiger partial charge < -0.3 is 4.74 Å². The van der Waals surface area contributed by atoms with Crippen LogP contribution in [-0.4, -0.2) is 16.5 Å². The van der Waals surface area contributed by atoms with Gasteiger partial charge in [-0.2, -0.15) is 0 Å². The summed E-state index contributed by atoms with van der Waals surface area (Å²) in [4.78, 5) is 15.5. The molecule has 94 valence electrons. The molecule has 6 heteroatoms. The molecule has 0 saturated carbocycles. The first kappa shape index (κ1) is 12.5. The average Bonchev–Trinajstić information content (AvgIpc) is 2.72. The normalized spacial score (nSPS) is 10.3. The number of nitrogens with zero attached hydrogens (tertiary/aromatic N) is 2. The van der Waals surface area contributed by atoms with E-state index in [1.165, 1.54) is 23.5 Å². The van der Waals surface area contributed by atoms with Crippen LogP contribution in [0.1, 0.15) is 11.8 Å². The van der Waals surface area contributed by atoms with Gasteiger partial charge in [-0.15, -0.1) is 11.3 Å². The van der Waals surface area contributed by atoms with Crippen LogP contribution >= 0.6 is 11.3 Å². The van der Waals surface area contributed by atoms with Gasteiger partial charge >= 0.3 is 0 Å². The van der Waals surface area contributed by atoms with E-state index in [-0.39, 0.29) is 5.69 Å². The van der Waals surface area contributed by atoms with Crippen LogP contribution in [0.25, 0.3) is 10.6 Å². The van der Waals surface area contributed by atoms with Crippen molar-refractivity contribution in [2.75, 3.05) is 6.61 Å². The Balaban J connectivity index is 2.31. The molecule has 2 aromatic rings. The summed E-state index contributed by atoms with van der Waals surface area (Å²) >= 11 is 1.52. The fraction of sp³-hybridized carbons (Fsp3) is 0.250. The number of ether oxygens (including phenoxy) is 1. The summed E-state index contributed by atoms with van der Waals surface area (Å²) in [5, 5.41) is 11.4. The monoisotopic (exact) mass is 264 g/mol. The molecule has 1 heterocycles. The molecule has 0 unspecified atom stereocenters. The molecule has 18 heavy (non-hydrogen) atoms. The minimum Gasteiger partial charge on any atom is -0.477 e. The second-order valence-corrected chi connectivity index (χ2v) is 4.82. The standard InChI is InChI=1S/C12H12N2O3S/c1-3-17-11-8(2)18-12(13-11)9-4-6-10(7-5-9)14(15)16/h4-7H,3H2,1-2H3.